The van der Waals surface area contributed by atoms with Crippen molar-refractivity contribution in [1.29, 1.82) is 0 Å². The number of nitrogens with one attached hydrogen (secondary N) is 3. The molecule has 0 bridgehead atoms. The van der Waals surface area contributed by atoms with Crippen LogP contribution in [0.1, 0.15) is 21.7 Å². The maximum Gasteiger partial charge on any atom is 0.264 e. The molecule has 3 N–H and O–H groups in total. The summed E-state index contributed by atoms with van der Waals surface area (Å²) in [4.78, 5) is 32.5. The van der Waals surface area contributed by atoms with Crippen molar-refractivity contribution in [1.82, 2.24) is 20.2 Å². The largest absolute Gasteiger partial charge is 0.324 e. The number of aryl methyl sites for hydroxylation is 2. The first-order valence-electron chi connectivity index (χ1n) is 9.63. The molecule has 0 unspecified atom stereocenters. The first kappa shape index (κ1) is 20.0. The van der Waals surface area contributed by atoms with Gasteiger partial charge in [-0.2, -0.15) is 5.10 Å². The Morgan fingerprint density at radius 1 is 0.871 bits per heavy atom. The highest BCUT2D eigenvalue weighted by Crippen LogP contribution is 2.21. The molecule has 0 aliphatic carbocycles. The molecule has 8 nitrogen and oxygen atoms in total. The molecule has 154 valence electrons. The summed E-state index contributed by atoms with van der Waals surface area (Å²) in [7, 11) is 0. The van der Waals surface area contributed by atoms with Crippen LogP contribution in [0.4, 0.5) is 17.3 Å². The molecule has 0 atom stereocenters. The second kappa shape index (κ2) is 8.58. The number of benzene rings is 2. The van der Waals surface area contributed by atoms with Gasteiger partial charge in [0.2, 0.25) is 5.95 Å². The van der Waals surface area contributed by atoms with Gasteiger partial charge in [0, 0.05) is 40.0 Å². The number of hydrogen-bond acceptors (Lipinski definition) is 6. The third kappa shape index (κ3) is 4.99. The van der Waals surface area contributed by atoms with E-state index in [1.54, 1.807) is 42.5 Å². The fraction of sp³-hybridized carbons (Fsp3) is 0.0870. The summed E-state index contributed by atoms with van der Waals surface area (Å²) in [5, 5.41) is 12.4. The Hall–Kier alpha value is -4.33. The van der Waals surface area contributed by atoms with Gasteiger partial charge in [-0.15, -0.1) is 0 Å². The van der Waals surface area contributed by atoms with E-state index < -0.39 is 0 Å². The molecular formula is C23H20N6O2. The van der Waals surface area contributed by atoms with Gasteiger partial charge in [0.1, 0.15) is 0 Å². The molecular weight excluding hydrogens is 392 g/mol. The number of carbonyl (C=O) groups is 1. The van der Waals surface area contributed by atoms with Crippen molar-refractivity contribution in [3.63, 3.8) is 0 Å². The van der Waals surface area contributed by atoms with Gasteiger partial charge in [-0.25, -0.2) is 15.1 Å². The predicted octanol–water partition coefficient (Wildman–Crippen LogP) is 3.84. The normalized spacial score (nSPS) is 10.5. The minimum atomic E-state index is -0.268. The Morgan fingerprint density at radius 3 is 2.29 bits per heavy atom. The molecule has 2 aromatic carbocycles. The Kier molecular flexibility index (Phi) is 5.53. The van der Waals surface area contributed by atoms with Crippen molar-refractivity contribution in [3.8, 4) is 11.3 Å². The number of hydrogen-bond donors (Lipinski definition) is 3. The number of aromatic nitrogens is 4. The van der Waals surface area contributed by atoms with E-state index in [0.29, 0.717) is 22.9 Å². The number of carbonyl (C=O) groups excluding carboxylic acids is 1. The number of anilines is 3. The molecule has 8 heteroatoms. The first-order chi connectivity index (χ1) is 15.0. The van der Waals surface area contributed by atoms with Crippen molar-refractivity contribution in [2.45, 2.75) is 13.8 Å². The highest BCUT2D eigenvalue weighted by atomic mass is 16.1. The standard InChI is InChI=1S/C23H20N6O2/c1-14-12-15(2)25-23(24-14)27-18-8-6-16(7-9-18)22(31)26-19-5-3-4-17(13-19)20-10-11-21(30)29-28-20/h3-13H,1-2H3,(H,26,31)(H,29,30)(H,24,25,27). The molecule has 0 fully saturated rings. The highest BCUT2D eigenvalue weighted by Gasteiger charge is 2.08. The second-order valence-electron chi connectivity index (χ2n) is 7.02. The predicted molar refractivity (Wildman–Crippen MR) is 119 cm³/mol. The van der Waals surface area contributed by atoms with Crippen LogP contribution in [-0.4, -0.2) is 26.1 Å². The van der Waals surface area contributed by atoms with Crippen LogP contribution < -0.4 is 16.2 Å². The average molecular weight is 412 g/mol. The number of amides is 1. The third-order valence-electron chi connectivity index (χ3n) is 4.48. The van der Waals surface area contributed by atoms with Gasteiger partial charge in [-0.3, -0.25) is 9.59 Å². The van der Waals surface area contributed by atoms with Crippen LogP contribution in [0, 0.1) is 13.8 Å². The maximum absolute atomic E-state index is 12.6. The molecule has 0 aliphatic heterocycles. The van der Waals surface area contributed by atoms with Gasteiger partial charge >= 0.3 is 0 Å². The molecule has 4 aromatic rings. The van der Waals surface area contributed by atoms with Gasteiger partial charge in [-0.05, 0) is 62.4 Å². The summed E-state index contributed by atoms with van der Waals surface area (Å²) in [6, 6.07) is 19.3. The lowest BCUT2D eigenvalue weighted by Gasteiger charge is -2.09. The van der Waals surface area contributed by atoms with Crippen LogP contribution in [0.2, 0.25) is 0 Å². The molecule has 1 amide bonds. The Bertz CT molecular complexity index is 1260. The van der Waals surface area contributed by atoms with Crippen LogP contribution >= 0.6 is 0 Å². The van der Waals surface area contributed by atoms with E-state index in [4.69, 9.17) is 0 Å². The van der Waals surface area contributed by atoms with Gasteiger partial charge in [0.15, 0.2) is 0 Å². The van der Waals surface area contributed by atoms with Crippen molar-refractivity contribution >= 4 is 23.2 Å². The molecule has 2 heterocycles. The third-order valence-corrected chi connectivity index (χ3v) is 4.48. The Balaban J connectivity index is 1.46. The van der Waals surface area contributed by atoms with Gasteiger partial charge < -0.3 is 10.6 Å². The molecule has 31 heavy (non-hydrogen) atoms. The van der Waals surface area contributed by atoms with E-state index in [1.807, 2.05) is 32.0 Å². The Labute approximate surface area is 178 Å². The number of rotatable bonds is 5. The lowest BCUT2D eigenvalue weighted by molar-refractivity contribution is 0.102. The van der Waals surface area contributed by atoms with Gasteiger partial charge in [0.25, 0.3) is 11.5 Å². The zero-order valence-electron chi connectivity index (χ0n) is 17.0. The summed E-state index contributed by atoms with van der Waals surface area (Å²) >= 11 is 0. The zero-order chi connectivity index (χ0) is 21.8. The van der Waals surface area contributed by atoms with E-state index >= 15 is 0 Å². The molecule has 2 aromatic heterocycles. The number of nitrogens with zero attached hydrogens (tertiary/aromatic N) is 3. The maximum atomic E-state index is 12.6. The summed E-state index contributed by atoms with van der Waals surface area (Å²) < 4.78 is 0. The van der Waals surface area contributed by atoms with Crippen LogP contribution in [0.15, 0.2) is 71.5 Å². The minimum absolute atomic E-state index is 0.235. The van der Waals surface area contributed by atoms with E-state index in [-0.39, 0.29) is 11.5 Å². The molecule has 0 saturated heterocycles. The fourth-order valence-electron chi connectivity index (χ4n) is 3.08. The van der Waals surface area contributed by atoms with Crippen LogP contribution in [0.3, 0.4) is 0 Å². The van der Waals surface area contributed by atoms with Crippen LogP contribution in [-0.2, 0) is 0 Å². The molecule has 4 rings (SSSR count). The molecule has 0 spiro atoms. The first-order valence-corrected chi connectivity index (χ1v) is 9.63. The van der Waals surface area contributed by atoms with Crippen molar-refractivity contribution in [3.05, 3.63) is 94.0 Å². The summed E-state index contributed by atoms with van der Waals surface area (Å²) in [5.41, 5.74) is 4.81. The fourth-order valence-corrected chi connectivity index (χ4v) is 3.08. The number of H-pyrrole nitrogens is 1. The van der Waals surface area contributed by atoms with E-state index in [1.165, 1.54) is 6.07 Å². The minimum Gasteiger partial charge on any atom is -0.324 e. The van der Waals surface area contributed by atoms with Crippen molar-refractivity contribution in [2.75, 3.05) is 10.6 Å². The number of aromatic amines is 1. The topological polar surface area (TPSA) is 113 Å². The van der Waals surface area contributed by atoms with Gasteiger partial charge in [0.05, 0.1) is 5.69 Å². The van der Waals surface area contributed by atoms with Gasteiger partial charge in [-0.1, -0.05) is 12.1 Å². The van der Waals surface area contributed by atoms with E-state index in [0.717, 1.165) is 22.6 Å². The zero-order valence-corrected chi connectivity index (χ0v) is 17.0. The SMILES string of the molecule is Cc1cc(C)nc(Nc2ccc(C(=O)Nc3cccc(-c4ccc(=O)[nH]n4)c3)cc2)n1. The van der Waals surface area contributed by atoms with E-state index in [2.05, 4.69) is 30.8 Å². The summed E-state index contributed by atoms with van der Waals surface area (Å²) in [5.74, 6) is 0.281. The molecule has 0 aliphatic rings. The van der Waals surface area contributed by atoms with Crippen molar-refractivity contribution < 1.29 is 4.79 Å². The monoisotopic (exact) mass is 412 g/mol. The second-order valence-corrected chi connectivity index (χ2v) is 7.02. The van der Waals surface area contributed by atoms with Crippen LogP contribution in [0.25, 0.3) is 11.3 Å². The average Bonchev–Trinajstić information content (AvgIpc) is 2.74. The lowest BCUT2D eigenvalue weighted by atomic mass is 10.1. The lowest BCUT2D eigenvalue weighted by Crippen LogP contribution is -2.12. The van der Waals surface area contributed by atoms with E-state index in [9.17, 15) is 9.59 Å². The smallest absolute Gasteiger partial charge is 0.264 e. The van der Waals surface area contributed by atoms with Crippen LogP contribution in [0.5, 0.6) is 0 Å². The molecule has 0 radical (unpaired) electrons. The molecule has 0 saturated carbocycles. The quantitative estimate of drug-likeness (QED) is 0.459. The van der Waals surface area contributed by atoms with Crippen molar-refractivity contribution in [2.24, 2.45) is 0 Å². The summed E-state index contributed by atoms with van der Waals surface area (Å²) in [6.07, 6.45) is 0. The summed E-state index contributed by atoms with van der Waals surface area (Å²) in [6.45, 7) is 3.82. The highest BCUT2D eigenvalue weighted by molar-refractivity contribution is 6.04. The Morgan fingerprint density at radius 2 is 1.61 bits per heavy atom.